The predicted molar refractivity (Wildman–Crippen MR) is 93.6 cm³/mol. The number of hydrogen-bond acceptors (Lipinski definition) is 2. The van der Waals surface area contributed by atoms with E-state index < -0.39 is 6.10 Å². The van der Waals surface area contributed by atoms with E-state index in [0.29, 0.717) is 5.75 Å². The van der Waals surface area contributed by atoms with Gasteiger partial charge in [0.2, 0.25) is 0 Å². The molecule has 0 fully saturated rings. The zero-order chi connectivity index (χ0) is 17.7. The van der Waals surface area contributed by atoms with Gasteiger partial charge in [-0.2, -0.15) is 0 Å². The molecule has 0 spiro atoms. The number of nitrogens with one attached hydrogen (secondary N) is 1. The Bertz CT molecular complexity index is 697. The first kappa shape index (κ1) is 18.0. The number of ether oxygens (including phenoxy) is 1. The maximum Gasteiger partial charge on any atom is 0.261 e. The van der Waals surface area contributed by atoms with Crippen molar-refractivity contribution in [2.75, 3.05) is 0 Å². The Labute approximate surface area is 142 Å². The molecule has 0 saturated heterocycles. The van der Waals surface area contributed by atoms with E-state index in [1.54, 1.807) is 6.92 Å². The number of rotatable bonds is 6. The molecule has 0 aliphatic carbocycles. The molecule has 4 heteroatoms. The first-order valence-corrected chi connectivity index (χ1v) is 8.20. The molecule has 24 heavy (non-hydrogen) atoms. The zero-order valence-electron chi connectivity index (χ0n) is 14.6. The molecular formula is C20H24FNO2. The Morgan fingerprint density at radius 3 is 2.38 bits per heavy atom. The van der Waals surface area contributed by atoms with Crippen molar-refractivity contribution in [2.45, 2.75) is 46.3 Å². The highest BCUT2D eigenvalue weighted by Gasteiger charge is 2.19. The Balaban J connectivity index is 2.02. The summed E-state index contributed by atoms with van der Waals surface area (Å²) in [6.07, 6.45) is 0.133. The molecule has 0 saturated carbocycles. The smallest absolute Gasteiger partial charge is 0.261 e. The van der Waals surface area contributed by atoms with E-state index in [9.17, 15) is 9.18 Å². The summed E-state index contributed by atoms with van der Waals surface area (Å²) in [7, 11) is 0. The maximum absolute atomic E-state index is 12.9. The second-order valence-corrected chi connectivity index (χ2v) is 6.03. The molecule has 2 atom stereocenters. The van der Waals surface area contributed by atoms with Crippen LogP contribution in [-0.2, 0) is 4.79 Å². The molecule has 0 bridgehead atoms. The van der Waals surface area contributed by atoms with Gasteiger partial charge in [0, 0.05) is 0 Å². The minimum absolute atomic E-state index is 0.0592. The topological polar surface area (TPSA) is 38.3 Å². The quantitative estimate of drug-likeness (QED) is 0.849. The van der Waals surface area contributed by atoms with Gasteiger partial charge in [-0.25, -0.2) is 4.39 Å². The van der Waals surface area contributed by atoms with Crippen molar-refractivity contribution in [3.8, 4) is 5.75 Å². The third-order valence-corrected chi connectivity index (χ3v) is 4.15. The molecule has 2 rings (SSSR count). The highest BCUT2D eigenvalue weighted by molar-refractivity contribution is 5.81. The van der Waals surface area contributed by atoms with Gasteiger partial charge in [0.15, 0.2) is 6.10 Å². The number of carbonyl (C=O) groups excluding carboxylic acids is 1. The summed E-state index contributed by atoms with van der Waals surface area (Å²) in [4.78, 5) is 12.4. The minimum atomic E-state index is -0.656. The molecular weight excluding hydrogens is 305 g/mol. The zero-order valence-corrected chi connectivity index (χ0v) is 14.6. The predicted octanol–water partition coefficient (Wildman–Crippen LogP) is 4.48. The second kappa shape index (κ2) is 7.95. The van der Waals surface area contributed by atoms with Crippen LogP contribution in [0, 0.1) is 19.7 Å². The van der Waals surface area contributed by atoms with Crippen molar-refractivity contribution in [1.82, 2.24) is 5.32 Å². The van der Waals surface area contributed by atoms with E-state index in [-0.39, 0.29) is 17.8 Å². The molecule has 0 aromatic heterocycles. The Kier molecular flexibility index (Phi) is 5.96. The van der Waals surface area contributed by atoms with E-state index in [1.165, 1.54) is 35.4 Å². The van der Waals surface area contributed by atoms with Gasteiger partial charge in [0.25, 0.3) is 5.91 Å². The summed E-state index contributed by atoms with van der Waals surface area (Å²) in [5.74, 6) is -0.0528. The standard InChI is InChI=1S/C20H24FNO2/c1-5-19(16-7-6-13(2)14(3)12-16)22-20(23)15(4)24-18-10-8-17(21)9-11-18/h6-12,15,19H,5H2,1-4H3,(H,22,23)/t15-,19-/m0/s1. The number of benzene rings is 2. The van der Waals surface area contributed by atoms with Crippen LogP contribution in [0.5, 0.6) is 5.75 Å². The van der Waals surface area contributed by atoms with Crippen LogP contribution in [0.2, 0.25) is 0 Å². The summed E-state index contributed by atoms with van der Waals surface area (Å²) in [6.45, 7) is 7.85. The lowest BCUT2D eigenvalue weighted by Crippen LogP contribution is -2.38. The van der Waals surface area contributed by atoms with Gasteiger partial charge in [-0.05, 0) is 68.1 Å². The van der Waals surface area contributed by atoms with E-state index in [2.05, 4.69) is 31.3 Å². The molecule has 0 radical (unpaired) electrons. The summed E-state index contributed by atoms with van der Waals surface area (Å²) < 4.78 is 18.5. The monoisotopic (exact) mass is 329 g/mol. The lowest BCUT2D eigenvalue weighted by Gasteiger charge is -2.21. The van der Waals surface area contributed by atoms with Crippen LogP contribution in [0.4, 0.5) is 4.39 Å². The van der Waals surface area contributed by atoms with Crippen molar-refractivity contribution in [3.63, 3.8) is 0 Å². The first-order valence-electron chi connectivity index (χ1n) is 8.20. The van der Waals surface area contributed by atoms with Crippen LogP contribution >= 0.6 is 0 Å². The van der Waals surface area contributed by atoms with Crippen LogP contribution in [0.15, 0.2) is 42.5 Å². The number of halogens is 1. The van der Waals surface area contributed by atoms with E-state index in [0.717, 1.165) is 12.0 Å². The molecule has 0 heterocycles. The lowest BCUT2D eigenvalue weighted by molar-refractivity contribution is -0.128. The van der Waals surface area contributed by atoms with Crippen LogP contribution in [0.25, 0.3) is 0 Å². The number of hydrogen-bond donors (Lipinski definition) is 1. The Morgan fingerprint density at radius 1 is 1.12 bits per heavy atom. The van der Waals surface area contributed by atoms with Crippen molar-refractivity contribution in [3.05, 3.63) is 65.0 Å². The maximum atomic E-state index is 12.9. The second-order valence-electron chi connectivity index (χ2n) is 6.03. The number of carbonyl (C=O) groups is 1. The normalized spacial score (nSPS) is 13.2. The summed E-state index contributed by atoms with van der Waals surface area (Å²) in [5.41, 5.74) is 3.52. The molecule has 2 aromatic carbocycles. The number of aryl methyl sites for hydroxylation is 2. The number of amides is 1. The van der Waals surface area contributed by atoms with Crippen LogP contribution in [0.1, 0.15) is 43.0 Å². The highest BCUT2D eigenvalue weighted by Crippen LogP contribution is 2.20. The van der Waals surface area contributed by atoms with Crippen LogP contribution in [-0.4, -0.2) is 12.0 Å². The molecule has 1 N–H and O–H groups in total. The first-order chi connectivity index (χ1) is 11.4. The third-order valence-electron chi connectivity index (χ3n) is 4.15. The van der Waals surface area contributed by atoms with Crippen molar-refractivity contribution < 1.29 is 13.9 Å². The molecule has 2 aromatic rings. The fourth-order valence-corrected chi connectivity index (χ4v) is 2.46. The average Bonchev–Trinajstić information content (AvgIpc) is 2.57. The molecule has 0 aliphatic rings. The molecule has 0 aliphatic heterocycles. The van der Waals surface area contributed by atoms with Gasteiger partial charge < -0.3 is 10.1 Å². The summed E-state index contributed by atoms with van der Waals surface area (Å²) in [5, 5.41) is 3.02. The van der Waals surface area contributed by atoms with Gasteiger partial charge in [-0.3, -0.25) is 4.79 Å². The van der Waals surface area contributed by atoms with Gasteiger partial charge in [0.05, 0.1) is 6.04 Å². The third kappa shape index (κ3) is 4.57. The molecule has 0 unspecified atom stereocenters. The Hall–Kier alpha value is -2.36. The van der Waals surface area contributed by atoms with Crippen molar-refractivity contribution >= 4 is 5.91 Å². The highest BCUT2D eigenvalue weighted by atomic mass is 19.1. The fourth-order valence-electron chi connectivity index (χ4n) is 2.46. The van der Waals surface area contributed by atoms with Gasteiger partial charge in [0.1, 0.15) is 11.6 Å². The van der Waals surface area contributed by atoms with Gasteiger partial charge in [-0.15, -0.1) is 0 Å². The lowest BCUT2D eigenvalue weighted by atomic mass is 9.99. The fraction of sp³-hybridized carbons (Fsp3) is 0.350. The van der Waals surface area contributed by atoms with E-state index in [1.807, 2.05) is 13.0 Å². The minimum Gasteiger partial charge on any atom is -0.481 e. The SMILES string of the molecule is CC[C@H](NC(=O)[C@H](C)Oc1ccc(F)cc1)c1ccc(C)c(C)c1. The molecule has 128 valence electrons. The molecule has 3 nitrogen and oxygen atoms in total. The Morgan fingerprint density at radius 2 is 1.79 bits per heavy atom. The van der Waals surface area contributed by atoms with Crippen LogP contribution in [0.3, 0.4) is 0 Å². The van der Waals surface area contributed by atoms with E-state index >= 15 is 0 Å². The van der Waals surface area contributed by atoms with Crippen molar-refractivity contribution in [2.24, 2.45) is 0 Å². The van der Waals surface area contributed by atoms with Gasteiger partial charge >= 0.3 is 0 Å². The van der Waals surface area contributed by atoms with Gasteiger partial charge in [-0.1, -0.05) is 25.1 Å². The van der Waals surface area contributed by atoms with Crippen LogP contribution < -0.4 is 10.1 Å². The summed E-state index contributed by atoms with van der Waals surface area (Å²) >= 11 is 0. The largest absolute Gasteiger partial charge is 0.481 e. The molecule has 1 amide bonds. The van der Waals surface area contributed by atoms with E-state index in [4.69, 9.17) is 4.74 Å². The average molecular weight is 329 g/mol. The van der Waals surface area contributed by atoms with Crippen molar-refractivity contribution in [1.29, 1.82) is 0 Å². The summed E-state index contributed by atoms with van der Waals surface area (Å²) in [6, 6.07) is 11.8.